The maximum absolute atomic E-state index is 13.3. The largest absolute Gasteiger partial charge is 0.325 e. The van der Waals surface area contributed by atoms with Crippen molar-refractivity contribution < 1.29 is 23.2 Å². The van der Waals surface area contributed by atoms with Gasteiger partial charge in [-0.3, -0.25) is 14.5 Å². The van der Waals surface area contributed by atoms with Crippen molar-refractivity contribution in [3.05, 3.63) is 57.3 Å². The topological polar surface area (TPSA) is 66.5 Å². The second-order valence-corrected chi connectivity index (χ2v) is 7.39. The highest BCUT2D eigenvalue weighted by molar-refractivity contribution is 7.10. The van der Waals surface area contributed by atoms with Gasteiger partial charge < -0.3 is 5.32 Å². The van der Waals surface area contributed by atoms with E-state index in [1.807, 2.05) is 11.4 Å². The van der Waals surface area contributed by atoms with E-state index in [4.69, 9.17) is 0 Å². The molecule has 2 aromatic rings. The van der Waals surface area contributed by atoms with Crippen LogP contribution in [-0.2, 0) is 16.8 Å². The summed E-state index contributed by atoms with van der Waals surface area (Å²) in [7, 11) is 0. The van der Waals surface area contributed by atoms with Crippen LogP contribution in [0.3, 0.4) is 0 Å². The predicted octanol–water partition coefficient (Wildman–Crippen LogP) is 2.99. The van der Waals surface area contributed by atoms with Crippen LogP contribution in [0, 0.1) is 11.6 Å². The van der Waals surface area contributed by atoms with Crippen molar-refractivity contribution in [3.63, 3.8) is 0 Å². The van der Waals surface area contributed by atoms with Crippen molar-refractivity contribution in [1.29, 1.82) is 0 Å². The second kappa shape index (κ2) is 5.98. The maximum Gasteiger partial charge on any atom is 0.325 e. The number of hydrogen-bond donors (Lipinski definition) is 1. The zero-order chi connectivity index (χ0) is 18.5. The Hall–Kier alpha value is -2.61. The molecule has 2 heterocycles. The fourth-order valence-corrected chi connectivity index (χ4v) is 4.59. The number of urea groups is 1. The highest BCUT2D eigenvalue weighted by Crippen LogP contribution is 2.42. The molecule has 0 unspecified atom stereocenters. The van der Waals surface area contributed by atoms with Crippen LogP contribution in [0.2, 0.25) is 0 Å². The molecule has 3 amide bonds. The second-order valence-electron chi connectivity index (χ2n) is 6.39. The van der Waals surface area contributed by atoms with E-state index in [0.29, 0.717) is 6.42 Å². The molecule has 1 aliphatic carbocycles. The quantitative estimate of drug-likeness (QED) is 0.662. The predicted molar refractivity (Wildman–Crippen MR) is 89.9 cm³/mol. The van der Waals surface area contributed by atoms with E-state index in [0.717, 1.165) is 46.4 Å². The number of rotatable bonds is 3. The first kappa shape index (κ1) is 16.8. The van der Waals surface area contributed by atoms with Gasteiger partial charge in [0.25, 0.3) is 5.91 Å². The van der Waals surface area contributed by atoms with Crippen molar-refractivity contribution >= 4 is 29.1 Å². The lowest BCUT2D eigenvalue weighted by molar-refractivity contribution is -0.131. The molecule has 8 heteroatoms. The Morgan fingerprint density at radius 3 is 2.81 bits per heavy atom. The Balaban J connectivity index is 1.61. The molecule has 134 valence electrons. The highest BCUT2D eigenvalue weighted by atomic mass is 32.1. The number of ketones is 1. The first-order valence-electron chi connectivity index (χ1n) is 8.11. The zero-order valence-electron chi connectivity index (χ0n) is 13.6. The lowest BCUT2D eigenvalue weighted by Crippen LogP contribution is -2.46. The number of nitrogens with zero attached hydrogens (tertiary/aromatic N) is 1. The van der Waals surface area contributed by atoms with Gasteiger partial charge in [-0.15, -0.1) is 11.3 Å². The number of Topliss-reactive ketones (excluding diaryl/α,β-unsaturated/α-hetero) is 1. The van der Waals surface area contributed by atoms with Crippen LogP contribution in [0.15, 0.2) is 29.6 Å². The first-order chi connectivity index (χ1) is 12.4. The standard InChI is InChI=1S/C18H14F2N2O3S/c19-12-4-3-10(8-13(12)20)14(23)9-22-16(24)18(21-17(22)25)6-1-2-15-11(18)5-7-26-15/h3-5,7-8H,1-2,6,9H2,(H,21,25)/t18-/m0/s1. The summed E-state index contributed by atoms with van der Waals surface area (Å²) in [4.78, 5) is 39.7. The monoisotopic (exact) mass is 376 g/mol. The molecule has 1 saturated heterocycles. The van der Waals surface area contributed by atoms with Gasteiger partial charge in [-0.25, -0.2) is 13.6 Å². The summed E-state index contributed by atoms with van der Waals surface area (Å²) in [6, 6.07) is 3.92. The summed E-state index contributed by atoms with van der Waals surface area (Å²) in [5.41, 5.74) is -0.431. The molecule has 0 saturated carbocycles. The van der Waals surface area contributed by atoms with E-state index >= 15 is 0 Å². The number of halogens is 2. The molecule has 1 fully saturated rings. The van der Waals surface area contributed by atoms with Crippen LogP contribution >= 0.6 is 11.3 Å². The third-order valence-corrected chi connectivity index (χ3v) is 5.86. The molecule has 0 radical (unpaired) electrons. The van der Waals surface area contributed by atoms with E-state index in [2.05, 4.69) is 5.32 Å². The normalized spacial score (nSPS) is 21.8. The van der Waals surface area contributed by atoms with Crippen LogP contribution in [0.5, 0.6) is 0 Å². The number of thiophene rings is 1. The van der Waals surface area contributed by atoms with E-state index in [9.17, 15) is 23.2 Å². The average molecular weight is 376 g/mol. The summed E-state index contributed by atoms with van der Waals surface area (Å²) in [6.45, 7) is -0.517. The summed E-state index contributed by atoms with van der Waals surface area (Å²) < 4.78 is 26.4. The van der Waals surface area contributed by atoms with E-state index < -0.39 is 41.4 Å². The van der Waals surface area contributed by atoms with Crippen molar-refractivity contribution in [1.82, 2.24) is 10.2 Å². The summed E-state index contributed by atoms with van der Waals surface area (Å²) >= 11 is 1.54. The van der Waals surface area contributed by atoms with Crippen LogP contribution in [0.4, 0.5) is 13.6 Å². The Bertz CT molecular complexity index is 942. The molecule has 1 aromatic heterocycles. The lowest BCUT2D eigenvalue weighted by Gasteiger charge is -2.31. The minimum atomic E-state index is -1.15. The summed E-state index contributed by atoms with van der Waals surface area (Å²) in [5.74, 6) is -3.33. The van der Waals surface area contributed by atoms with Gasteiger partial charge in [0.1, 0.15) is 5.54 Å². The molecule has 1 spiro atoms. The van der Waals surface area contributed by atoms with Crippen molar-refractivity contribution in [2.75, 3.05) is 6.54 Å². The molecule has 2 aliphatic rings. The van der Waals surface area contributed by atoms with Gasteiger partial charge in [0.15, 0.2) is 17.4 Å². The van der Waals surface area contributed by atoms with Gasteiger partial charge in [0, 0.05) is 16.0 Å². The number of imide groups is 1. The van der Waals surface area contributed by atoms with Gasteiger partial charge >= 0.3 is 6.03 Å². The number of nitrogens with one attached hydrogen (secondary N) is 1. The smallest absolute Gasteiger partial charge is 0.319 e. The lowest BCUT2D eigenvalue weighted by atomic mass is 9.80. The number of aryl methyl sites for hydroxylation is 1. The molecule has 26 heavy (non-hydrogen) atoms. The minimum absolute atomic E-state index is 0.0923. The zero-order valence-corrected chi connectivity index (χ0v) is 14.4. The van der Waals surface area contributed by atoms with E-state index in [-0.39, 0.29) is 5.56 Å². The molecule has 1 atom stereocenters. The van der Waals surface area contributed by atoms with E-state index in [1.165, 1.54) is 11.3 Å². The number of fused-ring (bicyclic) bond motifs is 2. The van der Waals surface area contributed by atoms with Crippen molar-refractivity contribution in [3.8, 4) is 0 Å². The number of carbonyl (C=O) groups is 3. The molecule has 1 N–H and O–H groups in total. The SMILES string of the molecule is O=C(CN1C(=O)N[C@]2(CCCc3sccc32)C1=O)c1ccc(F)c(F)c1. The Morgan fingerprint density at radius 2 is 2.04 bits per heavy atom. The maximum atomic E-state index is 13.3. The molecule has 4 rings (SSSR count). The average Bonchev–Trinajstić information content (AvgIpc) is 3.18. The molecule has 5 nitrogen and oxygen atoms in total. The van der Waals surface area contributed by atoms with Gasteiger partial charge in [0.2, 0.25) is 0 Å². The fourth-order valence-electron chi connectivity index (χ4n) is 3.59. The molecule has 1 aliphatic heterocycles. The van der Waals surface area contributed by atoms with Gasteiger partial charge in [-0.05, 0) is 48.9 Å². The van der Waals surface area contributed by atoms with Gasteiger partial charge in [0.05, 0.1) is 6.54 Å². The Morgan fingerprint density at radius 1 is 1.23 bits per heavy atom. The number of benzene rings is 1. The van der Waals surface area contributed by atoms with Crippen LogP contribution in [0.1, 0.15) is 33.6 Å². The third kappa shape index (κ3) is 2.44. The van der Waals surface area contributed by atoms with Crippen molar-refractivity contribution in [2.24, 2.45) is 0 Å². The fraction of sp³-hybridized carbons (Fsp3) is 0.278. The number of hydrogen-bond acceptors (Lipinski definition) is 4. The van der Waals surface area contributed by atoms with Crippen LogP contribution < -0.4 is 5.32 Å². The number of carbonyl (C=O) groups excluding carboxylic acids is 3. The van der Waals surface area contributed by atoms with Gasteiger partial charge in [-0.2, -0.15) is 0 Å². The van der Waals surface area contributed by atoms with Crippen LogP contribution in [0.25, 0.3) is 0 Å². The number of amides is 3. The Labute approximate surface area is 151 Å². The van der Waals surface area contributed by atoms with E-state index in [1.54, 1.807) is 0 Å². The summed E-state index contributed by atoms with van der Waals surface area (Å²) in [6.07, 6.45) is 2.08. The van der Waals surface area contributed by atoms with Gasteiger partial charge in [-0.1, -0.05) is 0 Å². The summed E-state index contributed by atoms with van der Waals surface area (Å²) in [5, 5.41) is 4.63. The molecular formula is C18H14F2N2O3S. The molecule has 1 aromatic carbocycles. The first-order valence-corrected chi connectivity index (χ1v) is 8.99. The van der Waals surface area contributed by atoms with Crippen molar-refractivity contribution in [2.45, 2.75) is 24.8 Å². The minimum Gasteiger partial charge on any atom is -0.319 e. The highest BCUT2D eigenvalue weighted by Gasteiger charge is 2.54. The molecular weight excluding hydrogens is 362 g/mol. The Kier molecular flexibility index (Phi) is 3.87. The molecule has 0 bridgehead atoms. The third-order valence-electron chi connectivity index (χ3n) is 4.88. The van der Waals surface area contributed by atoms with Crippen LogP contribution in [-0.4, -0.2) is 29.2 Å².